The van der Waals surface area contributed by atoms with Crippen LogP contribution in [0.15, 0.2) is 24.3 Å². The fourth-order valence-corrected chi connectivity index (χ4v) is 6.61. The van der Waals surface area contributed by atoms with Crippen molar-refractivity contribution >= 4 is 29.4 Å². The van der Waals surface area contributed by atoms with Crippen LogP contribution in [-0.2, 0) is 18.9 Å². The Balaban J connectivity index is 2.23. The number of ether oxygens (including phenoxy) is 4. The minimum Gasteiger partial charge on any atom is -0.353 e. The number of hydrogen-bond acceptors (Lipinski definition) is 4. The van der Waals surface area contributed by atoms with E-state index in [1.165, 1.54) is 24.9 Å². The molecule has 1 aromatic carbocycles. The third kappa shape index (κ3) is 15.4. The maximum absolute atomic E-state index is 5.84. The Kier molecular flexibility index (Phi) is 19.4. The van der Waals surface area contributed by atoms with Crippen molar-refractivity contribution in [3.8, 4) is 0 Å². The fraction of sp³-hybridized carbons (Fsp3) is 0.769. The van der Waals surface area contributed by atoms with Crippen LogP contribution >= 0.6 is 0 Å². The van der Waals surface area contributed by atoms with Gasteiger partial charge in [0.05, 0.1) is 19.0 Å². The summed E-state index contributed by atoms with van der Waals surface area (Å²) in [6, 6.07) is 12.2. The Labute approximate surface area is 202 Å². The van der Waals surface area contributed by atoms with E-state index < -0.39 is 0 Å². The predicted molar refractivity (Wildman–Crippen MR) is 143 cm³/mol. The maximum Gasteiger partial charge on any atom is 0.157 e. The number of benzene rings is 1. The average Bonchev–Trinajstić information content (AvgIpc) is 2.82. The van der Waals surface area contributed by atoms with Gasteiger partial charge in [-0.1, -0.05) is 87.3 Å². The van der Waals surface area contributed by atoms with Crippen molar-refractivity contribution in [1.29, 1.82) is 0 Å². The van der Waals surface area contributed by atoms with Crippen LogP contribution in [0.4, 0.5) is 0 Å². The Morgan fingerprint density at radius 3 is 1.16 bits per heavy atom. The molecule has 0 amide bonds. The topological polar surface area (TPSA) is 36.9 Å². The first kappa shape index (κ1) is 29.5. The van der Waals surface area contributed by atoms with E-state index in [1.807, 2.05) is 0 Å². The van der Waals surface area contributed by atoms with Crippen LogP contribution in [0.2, 0.25) is 12.1 Å². The van der Waals surface area contributed by atoms with Crippen molar-refractivity contribution in [2.24, 2.45) is 0 Å². The molecule has 0 fully saturated rings. The van der Waals surface area contributed by atoms with Crippen molar-refractivity contribution in [3.05, 3.63) is 24.3 Å². The van der Waals surface area contributed by atoms with Gasteiger partial charge < -0.3 is 18.9 Å². The van der Waals surface area contributed by atoms with Gasteiger partial charge in [0.15, 0.2) is 12.6 Å². The highest BCUT2D eigenvalue weighted by Gasteiger charge is 2.10. The molecule has 1 rings (SSSR count). The second kappa shape index (κ2) is 21.1. The summed E-state index contributed by atoms with van der Waals surface area (Å²) in [6.45, 7) is 11.8. The summed E-state index contributed by atoms with van der Waals surface area (Å²) in [5.41, 5.74) is 0. The molecule has 0 spiro atoms. The second-order valence-electron chi connectivity index (χ2n) is 8.65. The van der Waals surface area contributed by atoms with Gasteiger partial charge in [-0.2, -0.15) is 0 Å². The molecule has 0 aliphatic carbocycles. The molecule has 186 valence electrons. The van der Waals surface area contributed by atoms with Crippen molar-refractivity contribution in [2.75, 3.05) is 26.4 Å². The van der Waals surface area contributed by atoms with Crippen LogP contribution in [0.1, 0.15) is 79.1 Å². The van der Waals surface area contributed by atoms with E-state index >= 15 is 0 Å². The van der Waals surface area contributed by atoms with Crippen molar-refractivity contribution < 1.29 is 18.9 Å². The molecule has 0 saturated heterocycles. The van der Waals surface area contributed by atoms with Crippen LogP contribution in [-0.4, -0.2) is 58.0 Å². The van der Waals surface area contributed by atoms with E-state index in [0.29, 0.717) is 0 Å². The molecule has 0 saturated carbocycles. The van der Waals surface area contributed by atoms with Gasteiger partial charge in [0.1, 0.15) is 0 Å². The van der Waals surface area contributed by atoms with Gasteiger partial charge in [0.25, 0.3) is 0 Å². The molecule has 0 aromatic heterocycles. The first-order chi connectivity index (χ1) is 15.7. The van der Waals surface area contributed by atoms with Crippen molar-refractivity contribution in [2.45, 2.75) is 104 Å². The summed E-state index contributed by atoms with van der Waals surface area (Å²) < 4.78 is 23.4. The van der Waals surface area contributed by atoms with E-state index in [2.05, 4.69) is 52.0 Å². The van der Waals surface area contributed by atoms with Gasteiger partial charge in [-0.3, -0.25) is 0 Å². The highest BCUT2D eigenvalue weighted by molar-refractivity contribution is 6.55. The second-order valence-corrected chi connectivity index (χ2v) is 12.7. The molecule has 0 unspecified atom stereocenters. The molecule has 32 heavy (non-hydrogen) atoms. The van der Waals surface area contributed by atoms with Crippen LogP contribution in [0.25, 0.3) is 0 Å². The SMILES string of the molecule is CCCOC(CCC[SiH2]c1ccc([SiH2]CCCC(OCCC)OCCC)cc1)OCCC. The molecular formula is C26H50O4Si2. The molecule has 0 aliphatic rings. The monoisotopic (exact) mass is 482 g/mol. The zero-order valence-corrected chi connectivity index (χ0v) is 24.2. The molecular weight excluding hydrogens is 432 g/mol. The lowest BCUT2D eigenvalue weighted by atomic mass is 10.3. The highest BCUT2D eigenvalue weighted by Crippen LogP contribution is 2.09. The standard InChI is InChI=1S/C26H50O4Si2/c1-5-17-27-25(28-18-6-2)11-9-21-31-23-13-15-24(16-14-23)32-22-10-12-26(29-19-7-3)30-20-8-4/h13-16,25-26H,5-12,17-22,31-32H2,1-4H3. The van der Waals surface area contributed by atoms with Gasteiger partial charge in [-0.15, -0.1) is 0 Å². The summed E-state index contributed by atoms with van der Waals surface area (Å²) in [6.07, 6.45) is 8.68. The van der Waals surface area contributed by atoms with E-state index in [9.17, 15) is 0 Å². The lowest BCUT2D eigenvalue weighted by Crippen LogP contribution is -2.22. The van der Waals surface area contributed by atoms with Gasteiger partial charge in [0, 0.05) is 26.4 Å². The summed E-state index contributed by atoms with van der Waals surface area (Å²) in [4.78, 5) is 0. The Bertz CT molecular complexity index is 464. The third-order valence-electron chi connectivity index (χ3n) is 5.36. The molecule has 4 nitrogen and oxygen atoms in total. The minimum absolute atomic E-state index is 0.00313. The van der Waals surface area contributed by atoms with Crippen molar-refractivity contribution in [1.82, 2.24) is 0 Å². The fourth-order valence-electron chi connectivity index (χ4n) is 3.58. The van der Waals surface area contributed by atoms with Crippen LogP contribution in [0, 0.1) is 0 Å². The van der Waals surface area contributed by atoms with E-state index in [1.54, 1.807) is 10.4 Å². The Morgan fingerprint density at radius 1 is 0.562 bits per heavy atom. The lowest BCUT2D eigenvalue weighted by molar-refractivity contribution is -0.146. The highest BCUT2D eigenvalue weighted by atomic mass is 28.2. The van der Waals surface area contributed by atoms with Crippen LogP contribution in [0.5, 0.6) is 0 Å². The molecule has 0 N–H and O–H groups in total. The first-order valence-electron chi connectivity index (χ1n) is 13.3. The minimum atomic E-state index is -0.189. The zero-order valence-electron chi connectivity index (χ0n) is 21.4. The molecule has 0 radical (unpaired) electrons. The van der Waals surface area contributed by atoms with Crippen LogP contribution < -0.4 is 10.4 Å². The smallest absolute Gasteiger partial charge is 0.157 e. The Hall–Kier alpha value is -0.506. The van der Waals surface area contributed by atoms with Gasteiger partial charge in [-0.05, 0) is 38.5 Å². The van der Waals surface area contributed by atoms with Gasteiger partial charge in [0.2, 0.25) is 0 Å². The number of rotatable bonds is 22. The number of hydrogen-bond donors (Lipinski definition) is 0. The third-order valence-corrected chi connectivity index (χ3v) is 9.17. The van der Waals surface area contributed by atoms with Gasteiger partial charge in [-0.25, -0.2) is 0 Å². The quantitative estimate of drug-likeness (QED) is 0.142. The molecule has 0 heterocycles. The molecule has 1 aromatic rings. The average molecular weight is 483 g/mol. The molecule has 0 bridgehead atoms. The molecule has 0 aliphatic heterocycles. The zero-order chi connectivity index (χ0) is 23.3. The Morgan fingerprint density at radius 2 is 0.875 bits per heavy atom. The van der Waals surface area contributed by atoms with Gasteiger partial charge >= 0.3 is 0 Å². The molecule has 0 atom stereocenters. The van der Waals surface area contributed by atoms with Crippen molar-refractivity contribution in [3.63, 3.8) is 0 Å². The van der Waals surface area contributed by atoms with E-state index in [0.717, 1.165) is 65.0 Å². The normalized spacial score (nSPS) is 12.4. The first-order valence-corrected chi connectivity index (χ1v) is 16.7. The maximum atomic E-state index is 5.84. The van der Waals surface area contributed by atoms with Crippen LogP contribution in [0.3, 0.4) is 0 Å². The predicted octanol–water partition coefficient (Wildman–Crippen LogP) is 4.03. The summed E-state index contributed by atoms with van der Waals surface area (Å²) >= 11 is 0. The summed E-state index contributed by atoms with van der Waals surface area (Å²) in [5.74, 6) is 0. The summed E-state index contributed by atoms with van der Waals surface area (Å²) in [7, 11) is -0.377. The molecule has 6 heteroatoms. The van der Waals surface area contributed by atoms with E-state index in [-0.39, 0.29) is 31.6 Å². The van der Waals surface area contributed by atoms with E-state index in [4.69, 9.17) is 18.9 Å². The summed E-state index contributed by atoms with van der Waals surface area (Å²) in [5, 5.41) is 3.17. The lowest BCUT2D eigenvalue weighted by Gasteiger charge is -2.18. The largest absolute Gasteiger partial charge is 0.353 e.